The normalized spacial score (nSPS) is 17.6. The predicted molar refractivity (Wildman–Crippen MR) is 52.5 cm³/mol. The molecule has 0 saturated carbocycles. The van der Waals surface area contributed by atoms with Crippen molar-refractivity contribution in [1.82, 2.24) is 10.2 Å². The van der Waals surface area contributed by atoms with Crippen LogP contribution in [0.2, 0.25) is 0 Å². The summed E-state index contributed by atoms with van der Waals surface area (Å²) >= 11 is 0. The number of amides is 3. The first-order valence-corrected chi connectivity index (χ1v) is 4.68. The number of nitrogens with two attached hydrogens (primary N) is 1. The van der Waals surface area contributed by atoms with Crippen LogP contribution in [0.15, 0.2) is 12.2 Å². The van der Waals surface area contributed by atoms with Gasteiger partial charge in [-0.2, -0.15) is 0 Å². The van der Waals surface area contributed by atoms with E-state index in [1.54, 1.807) is 4.90 Å². The summed E-state index contributed by atoms with van der Waals surface area (Å²) in [5.41, 5.74) is 5.30. The second kappa shape index (κ2) is 5.39. The number of urea groups is 1. The number of hydrogen-bond acceptors (Lipinski definition) is 3. The maximum Gasteiger partial charge on any atom is 0.324 e. The summed E-state index contributed by atoms with van der Waals surface area (Å²) in [6, 6.07) is -0.307. The van der Waals surface area contributed by atoms with E-state index in [-0.39, 0.29) is 11.9 Å². The fourth-order valence-corrected chi connectivity index (χ4v) is 1.19. The fraction of sp³-hybridized carbons (Fsp3) is 0.556. The molecule has 14 heavy (non-hydrogen) atoms. The molecule has 1 heterocycles. The molecule has 1 fully saturated rings. The second-order valence-electron chi connectivity index (χ2n) is 3.10. The summed E-state index contributed by atoms with van der Waals surface area (Å²) in [6.45, 7) is 1.65. The van der Waals surface area contributed by atoms with E-state index < -0.39 is 0 Å². The summed E-state index contributed by atoms with van der Waals surface area (Å²) in [4.78, 5) is 23.6. The molecule has 1 aliphatic heterocycles. The standard InChI is InChI=1S/C9H15N3O2/c10-5-2-1-3-6-12-7-4-8(13)11-9(12)14/h1,3H,2,4-7,10H2,(H,11,13,14)/b3-1+. The molecule has 5 nitrogen and oxygen atoms in total. The molecule has 0 radical (unpaired) electrons. The van der Waals surface area contributed by atoms with Gasteiger partial charge in [0.1, 0.15) is 0 Å². The Labute approximate surface area is 82.9 Å². The highest BCUT2D eigenvalue weighted by Crippen LogP contribution is 2.00. The number of nitrogens with one attached hydrogen (secondary N) is 1. The molecule has 0 unspecified atom stereocenters. The van der Waals surface area contributed by atoms with Crippen LogP contribution in [-0.4, -0.2) is 36.5 Å². The Morgan fingerprint density at radius 1 is 1.43 bits per heavy atom. The predicted octanol–water partition coefficient (Wildman–Crippen LogP) is -0.167. The molecule has 0 aromatic carbocycles. The van der Waals surface area contributed by atoms with Crippen LogP contribution in [0.5, 0.6) is 0 Å². The first kappa shape index (κ1) is 10.7. The van der Waals surface area contributed by atoms with Crippen molar-refractivity contribution in [1.29, 1.82) is 0 Å². The lowest BCUT2D eigenvalue weighted by Crippen LogP contribution is -2.49. The topological polar surface area (TPSA) is 75.4 Å². The van der Waals surface area contributed by atoms with Gasteiger partial charge in [0, 0.05) is 19.5 Å². The molecule has 0 aromatic heterocycles. The lowest BCUT2D eigenvalue weighted by Gasteiger charge is -2.25. The maximum atomic E-state index is 11.2. The molecule has 3 N–H and O–H groups in total. The van der Waals surface area contributed by atoms with Crippen LogP contribution in [0, 0.1) is 0 Å². The molecule has 0 aliphatic carbocycles. The number of carbonyl (C=O) groups excluding carboxylic acids is 2. The van der Waals surface area contributed by atoms with Gasteiger partial charge in [-0.05, 0) is 13.0 Å². The van der Waals surface area contributed by atoms with Crippen molar-refractivity contribution in [2.45, 2.75) is 12.8 Å². The zero-order valence-corrected chi connectivity index (χ0v) is 8.03. The van der Waals surface area contributed by atoms with E-state index in [1.165, 1.54) is 0 Å². The summed E-state index contributed by atoms with van der Waals surface area (Å²) in [6.07, 6.45) is 5.02. The molecule has 0 atom stereocenters. The molecular formula is C9H15N3O2. The molecule has 1 rings (SSSR count). The average molecular weight is 197 g/mol. The lowest BCUT2D eigenvalue weighted by atomic mass is 10.3. The number of nitrogens with zero attached hydrogens (tertiary/aromatic N) is 1. The van der Waals surface area contributed by atoms with Crippen molar-refractivity contribution >= 4 is 11.9 Å². The molecular weight excluding hydrogens is 182 g/mol. The van der Waals surface area contributed by atoms with Crippen molar-refractivity contribution in [3.8, 4) is 0 Å². The minimum Gasteiger partial charge on any atom is -0.330 e. The smallest absolute Gasteiger partial charge is 0.324 e. The Morgan fingerprint density at radius 3 is 2.86 bits per heavy atom. The van der Waals surface area contributed by atoms with Crippen LogP contribution in [0.4, 0.5) is 4.79 Å². The summed E-state index contributed by atoms with van der Waals surface area (Å²) in [5, 5.41) is 2.26. The van der Waals surface area contributed by atoms with Crippen LogP contribution < -0.4 is 11.1 Å². The highest BCUT2D eigenvalue weighted by molar-refractivity contribution is 5.96. The number of rotatable bonds is 4. The molecule has 78 valence electrons. The molecule has 3 amide bonds. The quantitative estimate of drug-likeness (QED) is 0.614. The molecule has 0 aromatic rings. The fourth-order valence-electron chi connectivity index (χ4n) is 1.19. The van der Waals surface area contributed by atoms with Gasteiger partial charge in [-0.3, -0.25) is 10.1 Å². The minimum absolute atomic E-state index is 0.197. The first-order valence-electron chi connectivity index (χ1n) is 4.68. The van der Waals surface area contributed by atoms with Crippen LogP contribution in [-0.2, 0) is 4.79 Å². The van der Waals surface area contributed by atoms with Crippen molar-refractivity contribution in [3.63, 3.8) is 0 Å². The third-order valence-corrected chi connectivity index (χ3v) is 1.97. The first-order chi connectivity index (χ1) is 6.74. The minimum atomic E-state index is -0.307. The largest absolute Gasteiger partial charge is 0.330 e. The van der Waals surface area contributed by atoms with Gasteiger partial charge in [0.05, 0.1) is 0 Å². The van der Waals surface area contributed by atoms with Crippen molar-refractivity contribution in [2.75, 3.05) is 19.6 Å². The van der Waals surface area contributed by atoms with Gasteiger partial charge in [0.25, 0.3) is 0 Å². The molecule has 0 bridgehead atoms. The second-order valence-corrected chi connectivity index (χ2v) is 3.10. The van der Waals surface area contributed by atoms with Gasteiger partial charge in [0.2, 0.25) is 5.91 Å². The zero-order chi connectivity index (χ0) is 10.4. The van der Waals surface area contributed by atoms with Gasteiger partial charge < -0.3 is 10.6 Å². The van der Waals surface area contributed by atoms with Crippen molar-refractivity contribution in [3.05, 3.63) is 12.2 Å². The van der Waals surface area contributed by atoms with Gasteiger partial charge in [0.15, 0.2) is 0 Å². The van der Waals surface area contributed by atoms with Gasteiger partial charge in [-0.1, -0.05) is 12.2 Å². The van der Waals surface area contributed by atoms with Crippen LogP contribution in [0.1, 0.15) is 12.8 Å². The Morgan fingerprint density at radius 2 is 2.21 bits per heavy atom. The van der Waals surface area contributed by atoms with E-state index in [0.29, 0.717) is 26.1 Å². The lowest BCUT2D eigenvalue weighted by molar-refractivity contribution is -0.121. The molecule has 1 aliphatic rings. The maximum absolute atomic E-state index is 11.2. The summed E-state index contributed by atoms with van der Waals surface area (Å²) in [5.74, 6) is -0.197. The summed E-state index contributed by atoms with van der Waals surface area (Å²) < 4.78 is 0. The summed E-state index contributed by atoms with van der Waals surface area (Å²) in [7, 11) is 0. The van der Waals surface area contributed by atoms with E-state index in [0.717, 1.165) is 6.42 Å². The highest BCUT2D eigenvalue weighted by atomic mass is 16.2. The zero-order valence-electron chi connectivity index (χ0n) is 8.03. The van der Waals surface area contributed by atoms with Gasteiger partial charge in [-0.15, -0.1) is 0 Å². The number of carbonyl (C=O) groups is 2. The van der Waals surface area contributed by atoms with Gasteiger partial charge >= 0.3 is 6.03 Å². The molecule has 1 saturated heterocycles. The molecule has 0 spiro atoms. The number of imide groups is 1. The third kappa shape index (κ3) is 3.18. The van der Waals surface area contributed by atoms with E-state index in [1.807, 2.05) is 12.2 Å². The van der Waals surface area contributed by atoms with Gasteiger partial charge in [-0.25, -0.2) is 4.79 Å². The molecule has 5 heteroatoms. The number of hydrogen-bond donors (Lipinski definition) is 2. The van der Waals surface area contributed by atoms with Crippen LogP contribution >= 0.6 is 0 Å². The third-order valence-electron chi connectivity index (χ3n) is 1.97. The monoisotopic (exact) mass is 197 g/mol. The Hall–Kier alpha value is -1.36. The Balaban J connectivity index is 2.31. The van der Waals surface area contributed by atoms with Crippen molar-refractivity contribution in [2.24, 2.45) is 5.73 Å². The average Bonchev–Trinajstić information content (AvgIpc) is 2.15. The van der Waals surface area contributed by atoms with Crippen LogP contribution in [0.3, 0.4) is 0 Å². The van der Waals surface area contributed by atoms with E-state index in [4.69, 9.17) is 5.73 Å². The highest BCUT2D eigenvalue weighted by Gasteiger charge is 2.21. The Kier molecular flexibility index (Phi) is 4.12. The van der Waals surface area contributed by atoms with E-state index in [9.17, 15) is 9.59 Å². The van der Waals surface area contributed by atoms with E-state index >= 15 is 0 Å². The van der Waals surface area contributed by atoms with Crippen LogP contribution in [0.25, 0.3) is 0 Å². The van der Waals surface area contributed by atoms with Crippen molar-refractivity contribution < 1.29 is 9.59 Å². The SMILES string of the molecule is NCC/C=C/CN1CCC(=O)NC1=O. The Bertz CT molecular complexity index is 250. The van der Waals surface area contributed by atoms with E-state index in [2.05, 4.69) is 5.32 Å².